The van der Waals surface area contributed by atoms with Crippen molar-refractivity contribution in [3.05, 3.63) is 18.2 Å². The van der Waals surface area contributed by atoms with E-state index in [1.165, 1.54) is 0 Å². The first kappa shape index (κ1) is 12.5. The van der Waals surface area contributed by atoms with Gasteiger partial charge in [-0.05, 0) is 12.1 Å². The molecule has 0 saturated carbocycles. The monoisotopic (exact) mass is 251 g/mol. The Morgan fingerprint density at radius 3 is 2.78 bits per heavy atom. The Kier molecular flexibility index (Phi) is 3.88. The van der Waals surface area contributed by atoms with Crippen LogP contribution in [0, 0.1) is 0 Å². The van der Waals surface area contributed by atoms with Crippen LogP contribution >= 0.6 is 0 Å². The second-order valence-corrected chi connectivity index (χ2v) is 3.98. The van der Waals surface area contributed by atoms with Crippen LogP contribution in [0.15, 0.2) is 18.2 Å². The minimum absolute atomic E-state index is 0.157. The van der Waals surface area contributed by atoms with Crippen molar-refractivity contribution >= 4 is 17.4 Å². The quantitative estimate of drug-likeness (QED) is 0.773. The maximum absolute atomic E-state index is 11.9. The van der Waals surface area contributed by atoms with Crippen LogP contribution in [0.3, 0.4) is 0 Å². The average molecular weight is 251 g/mol. The molecule has 2 rings (SSSR count). The second-order valence-electron chi connectivity index (χ2n) is 3.98. The van der Waals surface area contributed by atoms with Crippen LogP contribution in [-0.2, 0) is 4.74 Å². The van der Waals surface area contributed by atoms with E-state index < -0.39 is 0 Å². The van der Waals surface area contributed by atoms with Gasteiger partial charge in [-0.1, -0.05) is 0 Å². The highest BCUT2D eigenvalue weighted by atomic mass is 16.5. The van der Waals surface area contributed by atoms with Gasteiger partial charge in [-0.25, -0.2) is 4.79 Å². The second kappa shape index (κ2) is 5.59. The molecule has 1 aromatic rings. The van der Waals surface area contributed by atoms with Crippen molar-refractivity contribution in [2.75, 3.05) is 44.5 Å². The number of hydrogen-bond donors (Lipinski definition) is 2. The number of amides is 2. The molecule has 1 aliphatic rings. The first-order chi connectivity index (χ1) is 8.70. The topological polar surface area (TPSA) is 76.8 Å². The molecule has 0 aliphatic carbocycles. The van der Waals surface area contributed by atoms with Crippen molar-refractivity contribution in [3.8, 4) is 5.75 Å². The fourth-order valence-electron chi connectivity index (χ4n) is 1.74. The third-order valence-electron chi connectivity index (χ3n) is 2.80. The Balaban J connectivity index is 2.02. The zero-order chi connectivity index (χ0) is 13.0. The molecule has 1 aromatic carbocycles. The predicted molar refractivity (Wildman–Crippen MR) is 68.8 cm³/mol. The van der Waals surface area contributed by atoms with Gasteiger partial charge in [0.2, 0.25) is 0 Å². The standard InChI is InChI=1S/C12H17N3O3/c1-17-9-2-3-11(10(13)8-9)14-12(16)15-4-6-18-7-5-15/h2-3,8H,4-7,13H2,1H3,(H,14,16). The molecule has 1 fully saturated rings. The van der Waals surface area contributed by atoms with Gasteiger partial charge in [-0.3, -0.25) is 0 Å². The summed E-state index contributed by atoms with van der Waals surface area (Å²) >= 11 is 0. The van der Waals surface area contributed by atoms with Gasteiger partial charge in [-0.15, -0.1) is 0 Å². The minimum atomic E-state index is -0.157. The number of carbonyl (C=O) groups excluding carboxylic acids is 1. The maximum atomic E-state index is 11.9. The molecule has 1 aliphatic heterocycles. The van der Waals surface area contributed by atoms with E-state index in [4.69, 9.17) is 15.2 Å². The molecule has 1 saturated heterocycles. The molecule has 6 heteroatoms. The number of nitrogens with two attached hydrogens (primary N) is 1. The minimum Gasteiger partial charge on any atom is -0.497 e. The summed E-state index contributed by atoms with van der Waals surface area (Å²) in [6, 6.07) is 5.00. The number of anilines is 2. The first-order valence-corrected chi connectivity index (χ1v) is 5.78. The van der Waals surface area contributed by atoms with E-state index in [0.717, 1.165) is 0 Å². The molecule has 0 radical (unpaired) electrons. The third kappa shape index (κ3) is 2.84. The summed E-state index contributed by atoms with van der Waals surface area (Å²) in [5.41, 5.74) is 6.91. The van der Waals surface area contributed by atoms with Gasteiger partial charge in [0.25, 0.3) is 0 Å². The van der Waals surface area contributed by atoms with Crippen molar-refractivity contribution < 1.29 is 14.3 Å². The van der Waals surface area contributed by atoms with Crippen LogP contribution in [0.2, 0.25) is 0 Å². The van der Waals surface area contributed by atoms with Gasteiger partial charge in [0.05, 0.1) is 31.7 Å². The molecule has 0 bridgehead atoms. The van der Waals surface area contributed by atoms with E-state index in [1.807, 2.05) is 0 Å². The largest absolute Gasteiger partial charge is 0.497 e. The molecule has 0 spiro atoms. The lowest BCUT2D eigenvalue weighted by Gasteiger charge is -2.27. The van der Waals surface area contributed by atoms with Crippen LogP contribution in [-0.4, -0.2) is 44.3 Å². The molecule has 1 heterocycles. The number of hydrogen-bond acceptors (Lipinski definition) is 4. The van der Waals surface area contributed by atoms with Crippen molar-refractivity contribution in [2.45, 2.75) is 0 Å². The summed E-state index contributed by atoms with van der Waals surface area (Å²) < 4.78 is 10.2. The molecule has 0 aromatic heterocycles. The van der Waals surface area contributed by atoms with Crippen LogP contribution in [0.1, 0.15) is 0 Å². The average Bonchev–Trinajstić information content (AvgIpc) is 2.42. The van der Waals surface area contributed by atoms with Crippen LogP contribution in [0.4, 0.5) is 16.2 Å². The van der Waals surface area contributed by atoms with Gasteiger partial charge in [0, 0.05) is 19.2 Å². The molecule has 98 valence electrons. The van der Waals surface area contributed by atoms with Crippen molar-refractivity contribution in [1.29, 1.82) is 0 Å². The summed E-state index contributed by atoms with van der Waals surface area (Å²) in [6.07, 6.45) is 0. The molecular formula is C12H17N3O3. The van der Waals surface area contributed by atoms with Gasteiger partial charge < -0.3 is 25.4 Å². The van der Waals surface area contributed by atoms with E-state index in [2.05, 4.69) is 5.32 Å². The highest BCUT2D eigenvalue weighted by molar-refractivity contribution is 5.92. The number of urea groups is 1. The fraction of sp³-hybridized carbons (Fsp3) is 0.417. The van der Waals surface area contributed by atoms with E-state index >= 15 is 0 Å². The van der Waals surface area contributed by atoms with Crippen LogP contribution in [0.5, 0.6) is 5.75 Å². The SMILES string of the molecule is COc1ccc(NC(=O)N2CCOCC2)c(N)c1. The summed E-state index contributed by atoms with van der Waals surface area (Å²) in [5, 5.41) is 2.78. The molecule has 18 heavy (non-hydrogen) atoms. The van der Waals surface area contributed by atoms with E-state index in [-0.39, 0.29) is 6.03 Å². The van der Waals surface area contributed by atoms with Gasteiger partial charge >= 0.3 is 6.03 Å². The molecule has 2 amide bonds. The van der Waals surface area contributed by atoms with E-state index in [0.29, 0.717) is 43.4 Å². The van der Waals surface area contributed by atoms with Gasteiger partial charge in [0.15, 0.2) is 0 Å². The first-order valence-electron chi connectivity index (χ1n) is 5.78. The number of rotatable bonds is 2. The Morgan fingerprint density at radius 1 is 1.44 bits per heavy atom. The van der Waals surface area contributed by atoms with E-state index in [9.17, 15) is 4.79 Å². The Hall–Kier alpha value is -1.95. The van der Waals surface area contributed by atoms with Crippen molar-refractivity contribution in [2.24, 2.45) is 0 Å². The molecule has 3 N–H and O–H groups in total. The third-order valence-corrected chi connectivity index (χ3v) is 2.80. The Morgan fingerprint density at radius 2 is 2.17 bits per heavy atom. The number of nitrogen functional groups attached to an aromatic ring is 1. The van der Waals surface area contributed by atoms with Gasteiger partial charge in [-0.2, -0.15) is 0 Å². The number of morpholine rings is 1. The summed E-state index contributed by atoms with van der Waals surface area (Å²) in [5.74, 6) is 0.664. The fourth-order valence-corrected chi connectivity index (χ4v) is 1.74. The number of benzene rings is 1. The summed E-state index contributed by atoms with van der Waals surface area (Å²) in [4.78, 5) is 13.6. The Labute approximate surface area is 106 Å². The zero-order valence-electron chi connectivity index (χ0n) is 10.3. The molecule has 0 atom stereocenters. The number of ether oxygens (including phenoxy) is 2. The lowest BCUT2D eigenvalue weighted by atomic mass is 10.2. The normalized spacial score (nSPS) is 15.3. The lowest BCUT2D eigenvalue weighted by Crippen LogP contribution is -2.43. The lowest BCUT2D eigenvalue weighted by molar-refractivity contribution is 0.0564. The van der Waals surface area contributed by atoms with Crippen LogP contribution < -0.4 is 15.8 Å². The van der Waals surface area contributed by atoms with Crippen molar-refractivity contribution in [1.82, 2.24) is 4.90 Å². The highest BCUT2D eigenvalue weighted by Gasteiger charge is 2.17. The van der Waals surface area contributed by atoms with E-state index in [1.54, 1.807) is 30.2 Å². The maximum Gasteiger partial charge on any atom is 0.322 e. The summed E-state index contributed by atoms with van der Waals surface area (Å²) in [6.45, 7) is 2.35. The van der Waals surface area contributed by atoms with Crippen molar-refractivity contribution in [3.63, 3.8) is 0 Å². The number of methoxy groups -OCH3 is 1. The molecule has 0 unspecified atom stereocenters. The Bertz CT molecular complexity index is 431. The smallest absolute Gasteiger partial charge is 0.322 e. The number of nitrogens with one attached hydrogen (secondary N) is 1. The summed E-state index contributed by atoms with van der Waals surface area (Å²) in [7, 11) is 1.57. The highest BCUT2D eigenvalue weighted by Crippen LogP contribution is 2.24. The predicted octanol–water partition coefficient (Wildman–Crippen LogP) is 1.14. The number of nitrogens with zero attached hydrogens (tertiary/aromatic N) is 1. The molecular weight excluding hydrogens is 234 g/mol. The zero-order valence-corrected chi connectivity index (χ0v) is 10.3. The molecule has 6 nitrogen and oxygen atoms in total. The van der Waals surface area contributed by atoms with Crippen LogP contribution in [0.25, 0.3) is 0 Å². The van der Waals surface area contributed by atoms with Gasteiger partial charge in [0.1, 0.15) is 5.75 Å². The number of carbonyl (C=O) groups is 1.